The van der Waals surface area contributed by atoms with Crippen LogP contribution in [0.25, 0.3) is 0 Å². The lowest BCUT2D eigenvalue weighted by atomic mass is 10.0. The Bertz CT molecular complexity index is 383. The number of nitrogens with one attached hydrogen (secondary N) is 1. The quantitative estimate of drug-likeness (QED) is 0.819. The van der Waals surface area contributed by atoms with E-state index in [1.807, 2.05) is 0 Å². The first-order valence-electron chi connectivity index (χ1n) is 8.21. The van der Waals surface area contributed by atoms with Crippen molar-refractivity contribution in [1.29, 1.82) is 0 Å². The van der Waals surface area contributed by atoms with Crippen molar-refractivity contribution in [3.63, 3.8) is 0 Å². The van der Waals surface area contributed by atoms with E-state index in [1.54, 1.807) is 0 Å². The van der Waals surface area contributed by atoms with Gasteiger partial charge in [-0.25, -0.2) is 0 Å². The maximum atomic E-state index is 3.63. The number of nitrogens with zero attached hydrogens (tertiary/aromatic N) is 1. The van der Waals surface area contributed by atoms with Gasteiger partial charge in [-0.15, -0.1) is 0 Å². The Labute approximate surface area is 124 Å². The summed E-state index contributed by atoms with van der Waals surface area (Å²) in [5.74, 6) is 0.737. The highest BCUT2D eigenvalue weighted by atomic mass is 15.2. The Morgan fingerprint density at radius 1 is 1.20 bits per heavy atom. The smallest absolute Gasteiger partial charge is 0.0221 e. The van der Waals surface area contributed by atoms with Crippen LogP contribution in [0.2, 0.25) is 0 Å². The number of benzene rings is 1. The Kier molecular flexibility index (Phi) is 6.06. The van der Waals surface area contributed by atoms with Gasteiger partial charge in [-0.05, 0) is 49.4 Å². The Hall–Kier alpha value is -0.860. The minimum Gasteiger partial charge on any atom is -0.311 e. The van der Waals surface area contributed by atoms with Gasteiger partial charge in [0.25, 0.3) is 0 Å². The standard InChI is InChI=1S/C18H30N2/c1-4-20-11-5-6-18(20)14-19-13-17-9-7-16(8-10-17)12-15(2)3/h7-10,15,18-19H,4-6,11-14H2,1-3H3. The molecule has 0 bridgehead atoms. The molecule has 1 aliphatic rings. The van der Waals surface area contributed by atoms with Crippen molar-refractivity contribution in [2.45, 2.75) is 52.6 Å². The first-order valence-corrected chi connectivity index (χ1v) is 8.21. The van der Waals surface area contributed by atoms with E-state index in [-0.39, 0.29) is 0 Å². The van der Waals surface area contributed by atoms with E-state index in [4.69, 9.17) is 0 Å². The van der Waals surface area contributed by atoms with Crippen molar-refractivity contribution >= 4 is 0 Å². The van der Waals surface area contributed by atoms with Crippen LogP contribution in [-0.2, 0) is 13.0 Å². The van der Waals surface area contributed by atoms with Crippen LogP contribution in [0.15, 0.2) is 24.3 Å². The molecule has 0 saturated carbocycles. The van der Waals surface area contributed by atoms with Crippen molar-refractivity contribution in [2.24, 2.45) is 5.92 Å². The molecule has 1 saturated heterocycles. The number of hydrogen-bond donors (Lipinski definition) is 1. The average molecular weight is 274 g/mol. The summed E-state index contributed by atoms with van der Waals surface area (Å²) in [6, 6.07) is 9.87. The monoisotopic (exact) mass is 274 g/mol. The van der Waals surface area contributed by atoms with Crippen molar-refractivity contribution in [1.82, 2.24) is 10.2 Å². The molecule has 0 amide bonds. The molecule has 0 radical (unpaired) electrons. The maximum Gasteiger partial charge on any atom is 0.0221 e. The number of hydrogen-bond acceptors (Lipinski definition) is 2. The molecule has 1 heterocycles. The molecule has 1 unspecified atom stereocenters. The molecule has 1 N–H and O–H groups in total. The molecule has 0 aliphatic carbocycles. The zero-order valence-corrected chi connectivity index (χ0v) is 13.4. The Morgan fingerprint density at radius 3 is 2.55 bits per heavy atom. The molecular formula is C18H30N2. The van der Waals surface area contributed by atoms with E-state index in [0.717, 1.165) is 25.0 Å². The Balaban J connectivity index is 1.74. The van der Waals surface area contributed by atoms with Crippen molar-refractivity contribution in [3.05, 3.63) is 35.4 Å². The van der Waals surface area contributed by atoms with Gasteiger partial charge in [0.2, 0.25) is 0 Å². The fourth-order valence-corrected chi connectivity index (χ4v) is 3.19. The summed E-state index contributed by atoms with van der Waals surface area (Å²) in [7, 11) is 0. The molecule has 2 heteroatoms. The second-order valence-corrected chi connectivity index (χ2v) is 6.47. The van der Waals surface area contributed by atoms with Crippen molar-refractivity contribution < 1.29 is 0 Å². The summed E-state index contributed by atoms with van der Waals surface area (Å²) >= 11 is 0. The number of rotatable bonds is 7. The third-order valence-electron chi connectivity index (χ3n) is 4.28. The lowest BCUT2D eigenvalue weighted by molar-refractivity contribution is 0.260. The zero-order chi connectivity index (χ0) is 14.4. The van der Waals surface area contributed by atoms with E-state index in [2.05, 4.69) is 55.3 Å². The van der Waals surface area contributed by atoms with E-state index in [0.29, 0.717) is 0 Å². The van der Waals surface area contributed by atoms with E-state index < -0.39 is 0 Å². The van der Waals surface area contributed by atoms with Gasteiger partial charge >= 0.3 is 0 Å². The lowest BCUT2D eigenvalue weighted by Crippen LogP contribution is -2.37. The van der Waals surface area contributed by atoms with Crippen LogP contribution in [0, 0.1) is 5.92 Å². The predicted molar refractivity (Wildman–Crippen MR) is 87.0 cm³/mol. The third-order valence-corrected chi connectivity index (χ3v) is 4.28. The van der Waals surface area contributed by atoms with Crippen LogP contribution >= 0.6 is 0 Å². The normalized spacial score (nSPS) is 19.9. The molecule has 2 nitrogen and oxygen atoms in total. The second kappa shape index (κ2) is 7.80. The largest absolute Gasteiger partial charge is 0.311 e. The van der Waals surface area contributed by atoms with Crippen LogP contribution in [0.4, 0.5) is 0 Å². The molecule has 1 aromatic carbocycles. The van der Waals surface area contributed by atoms with Gasteiger partial charge in [0.1, 0.15) is 0 Å². The van der Waals surface area contributed by atoms with Gasteiger partial charge in [-0.2, -0.15) is 0 Å². The summed E-state index contributed by atoms with van der Waals surface area (Å²) in [5, 5.41) is 3.63. The fraction of sp³-hybridized carbons (Fsp3) is 0.667. The first kappa shape index (κ1) is 15.5. The highest BCUT2D eigenvalue weighted by Gasteiger charge is 2.21. The summed E-state index contributed by atoms with van der Waals surface area (Å²) < 4.78 is 0. The van der Waals surface area contributed by atoms with E-state index in [1.165, 1.54) is 43.5 Å². The lowest BCUT2D eigenvalue weighted by Gasteiger charge is -2.23. The van der Waals surface area contributed by atoms with Gasteiger partial charge < -0.3 is 5.32 Å². The van der Waals surface area contributed by atoms with E-state index in [9.17, 15) is 0 Å². The summed E-state index contributed by atoms with van der Waals surface area (Å²) in [4.78, 5) is 2.60. The summed E-state index contributed by atoms with van der Waals surface area (Å²) in [5.41, 5.74) is 2.86. The highest BCUT2D eigenvalue weighted by Crippen LogP contribution is 2.16. The SMILES string of the molecule is CCN1CCCC1CNCc1ccc(CC(C)C)cc1. The average Bonchev–Trinajstić information content (AvgIpc) is 2.87. The van der Waals surface area contributed by atoms with Gasteiger partial charge in [-0.1, -0.05) is 45.0 Å². The molecule has 1 fully saturated rings. The van der Waals surface area contributed by atoms with Gasteiger partial charge in [0, 0.05) is 19.1 Å². The number of likely N-dealkylation sites (N-methyl/N-ethyl adjacent to an activating group) is 1. The number of likely N-dealkylation sites (tertiary alicyclic amines) is 1. The van der Waals surface area contributed by atoms with Crippen LogP contribution in [0.3, 0.4) is 0 Å². The molecule has 112 valence electrons. The molecule has 1 aliphatic heterocycles. The molecule has 20 heavy (non-hydrogen) atoms. The zero-order valence-electron chi connectivity index (χ0n) is 13.4. The minimum atomic E-state index is 0.737. The van der Waals surface area contributed by atoms with Crippen LogP contribution in [0.5, 0.6) is 0 Å². The predicted octanol–water partition coefficient (Wildman–Crippen LogP) is 3.46. The van der Waals surface area contributed by atoms with Crippen LogP contribution in [0.1, 0.15) is 44.7 Å². The van der Waals surface area contributed by atoms with Crippen molar-refractivity contribution in [3.8, 4) is 0 Å². The molecule has 1 aromatic rings. The molecule has 1 atom stereocenters. The van der Waals surface area contributed by atoms with Crippen molar-refractivity contribution in [2.75, 3.05) is 19.6 Å². The first-order chi connectivity index (χ1) is 9.69. The highest BCUT2D eigenvalue weighted by molar-refractivity contribution is 5.22. The van der Waals surface area contributed by atoms with E-state index >= 15 is 0 Å². The van der Waals surface area contributed by atoms with Gasteiger partial charge in [0.15, 0.2) is 0 Å². The molecule has 0 aromatic heterocycles. The maximum absolute atomic E-state index is 3.63. The second-order valence-electron chi connectivity index (χ2n) is 6.47. The van der Waals surface area contributed by atoms with Crippen LogP contribution < -0.4 is 5.32 Å². The third kappa shape index (κ3) is 4.60. The summed E-state index contributed by atoms with van der Waals surface area (Å²) in [6.07, 6.45) is 3.90. The Morgan fingerprint density at radius 2 is 1.90 bits per heavy atom. The molecule has 2 rings (SSSR count). The summed E-state index contributed by atoms with van der Waals surface area (Å²) in [6.45, 7) is 11.4. The topological polar surface area (TPSA) is 15.3 Å². The molecular weight excluding hydrogens is 244 g/mol. The minimum absolute atomic E-state index is 0.737. The fourth-order valence-electron chi connectivity index (χ4n) is 3.19. The van der Waals surface area contributed by atoms with Gasteiger partial charge in [-0.3, -0.25) is 4.90 Å². The van der Waals surface area contributed by atoms with Gasteiger partial charge in [0.05, 0.1) is 0 Å². The molecule has 0 spiro atoms. The van der Waals surface area contributed by atoms with Crippen LogP contribution in [-0.4, -0.2) is 30.6 Å².